The van der Waals surface area contributed by atoms with Crippen LogP contribution in [0.3, 0.4) is 0 Å². The number of nitrogens with one attached hydrogen (secondary N) is 2. The third kappa shape index (κ3) is 10.8. The van der Waals surface area contributed by atoms with Crippen LogP contribution in [0.1, 0.15) is 78.6 Å². The molecule has 1 aliphatic carbocycles. The molecule has 13 heteroatoms. The Kier molecular flexibility index (Phi) is 12.5. The summed E-state index contributed by atoms with van der Waals surface area (Å²) in [5, 5.41) is 6.06. The Balaban J connectivity index is 1.26. The molecular formula is C35H42BrN7O4S. The second kappa shape index (κ2) is 16.9. The van der Waals surface area contributed by atoms with Gasteiger partial charge < -0.3 is 20.1 Å². The molecule has 48 heavy (non-hydrogen) atoms. The SMILES string of the molecule is CC(C)(C)OC(=O)NCCCCC(=O)Nc1ncc(-c2cc(-c3cc(OCCC4CCCCC4)ccc3Br)nc(-c3cnccn3)n2)s1. The van der Waals surface area contributed by atoms with Gasteiger partial charge in [-0.15, -0.1) is 0 Å². The summed E-state index contributed by atoms with van der Waals surface area (Å²) in [6.45, 7) is 6.56. The zero-order valence-electron chi connectivity index (χ0n) is 27.6. The van der Waals surface area contributed by atoms with Crippen LogP contribution in [0.2, 0.25) is 0 Å². The average Bonchev–Trinajstić information content (AvgIpc) is 3.53. The van der Waals surface area contributed by atoms with E-state index in [2.05, 4.69) is 41.5 Å². The first-order chi connectivity index (χ1) is 23.1. The number of unbranched alkanes of at least 4 members (excludes halogenated alkanes) is 1. The Hall–Kier alpha value is -3.97. The number of nitrogens with zero attached hydrogens (tertiary/aromatic N) is 5. The van der Waals surface area contributed by atoms with Crippen LogP contribution in [0, 0.1) is 5.92 Å². The molecule has 0 spiro atoms. The molecule has 0 unspecified atom stereocenters. The summed E-state index contributed by atoms with van der Waals surface area (Å²) in [7, 11) is 0. The molecule has 5 rings (SSSR count). The van der Waals surface area contributed by atoms with Crippen molar-refractivity contribution in [3.8, 4) is 39.1 Å². The first-order valence-electron chi connectivity index (χ1n) is 16.4. The summed E-state index contributed by atoms with van der Waals surface area (Å²) in [4.78, 5) is 47.9. The van der Waals surface area contributed by atoms with Crippen molar-refractivity contribution < 1.29 is 19.1 Å². The first-order valence-corrected chi connectivity index (χ1v) is 18.0. The van der Waals surface area contributed by atoms with Gasteiger partial charge >= 0.3 is 6.09 Å². The Morgan fingerprint density at radius 3 is 2.56 bits per heavy atom. The van der Waals surface area contributed by atoms with Crippen molar-refractivity contribution in [2.45, 2.75) is 84.2 Å². The maximum absolute atomic E-state index is 12.6. The molecule has 1 fully saturated rings. The van der Waals surface area contributed by atoms with Gasteiger partial charge in [-0.05, 0) is 70.2 Å². The Labute approximate surface area is 293 Å². The fraction of sp³-hybridized carbons (Fsp3) is 0.457. The molecule has 11 nitrogen and oxygen atoms in total. The molecule has 0 atom stereocenters. The maximum Gasteiger partial charge on any atom is 0.407 e. The van der Waals surface area contributed by atoms with E-state index in [1.807, 2.05) is 45.0 Å². The summed E-state index contributed by atoms with van der Waals surface area (Å²) >= 11 is 5.04. The number of ether oxygens (including phenoxy) is 2. The van der Waals surface area contributed by atoms with Gasteiger partial charge in [-0.3, -0.25) is 9.78 Å². The van der Waals surface area contributed by atoms with Crippen molar-refractivity contribution in [2.24, 2.45) is 5.92 Å². The third-order valence-electron chi connectivity index (χ3n) is 7.76. The van der Waals surface area contributed by atoms with Crippen molar-refractivity contribution >= 4 is 44.4 Å². The van der Waals surface area contributed by atoms with Gasteiger partial charge in [0.05, 0.1) is 29.1 Å². The summed E-state index contributed by atoms with van der Waals surface area (Å²) in [6.07, 6.45) is 15.3. The lowest BCUT2D eigenvalue weighted by atomic mass is 9.87. The lowest BCUT2D eigenvalue weighted by Crippen LogP contribution is -2.33. The molecule has 0 radical (unpaired) electrons. The predicted molar refractivity (Wildman–Crippen MR) is 191 cm³/mol. The van der Waals surface area contributed by atoms with E-state index in [1.54, 1.807) is 24.8 Å². The van der Waals surface area contributed by atoms with Crippen molar-refractivity contribution in [3.05, 3.63) is 53.5 Å². The monoisotopic (exact) mass is 735 g/mol. The third-order valence-corrected chi connectivity index (χ3v) is 9.38. The van der Waals surface area contributed by atoms with Gasteiger partial charge in [0, 0.05) is 41.6 Å². The van der Waals surface area contributed by atoms with E-state index in [1.165, 1.54) is 43.4 Å². The Morgan fingerprint density at radius 1 is 0.979 bits per heavy atom. The van der Waals surface area contributed by atoms with Gasteiger partial charge in [0.25, 0.3) is 0 Å². The van der Waals surface area contributed by atoms with E-state index < -0.39 is 11.7 Å². The van der Waals surface area contributed by atoms with Crippen LogP contribution >= 0.6 is 27.3 Å². The zero-order chi connectivity index (χ0) is 33.9. The molecule has 2 N–H and O–H groups in total. The maximum atomic E-state index is 12.6. The summed E-state index contributed by atoms with van der Waals surface area (Å²) in [6, 6.07) is 7.85. The van der Waals surface area contributed by atoms with Crippen LogP contribution in [0.4, 0.5) is 9.93 Å². The highest BCUT2D eigenvalue weighted by molar-refractivity contribution is 9.10. The Morgan fingerprint density at radius 2 is 1.79 bits per heavy atom. The Bertz CT molecular complexity index is 1670. The van der Waals surface area contributed by atoms with Gasteiger partial charge in [0.15, 0.2) is 11.0 Å². The van der Waals surface area contributed by atoms with Gasteiger partial charge in [0.2, 0.25) is 5.91 Å². The fourth-order valence-corrected chi connectivity index (χ4v) is 6.64. The number of alkyl carbamates (subject to hydrolysis) is 1. The summed E-state index contributed by atoms with van der Waals surface area (Å²) in [5.74, 6) is 1.80. The highest BCUT2D eigenvalue weighted by Gasteiger charge is 2.18. The molecule has 4 aromatic rings. The number of amides is 2. The number of carbonyl (C=O) groups is 2. The summed E-state index contributed by atoms with van der Waals surface area (Å²) in [5.41, 5.74) is 2.17. The van der Waals surface area contributed by atoms with Gasteiger partial charge in [-0.25, -0.2) is 24.7 Å². The van der Waals surface area contributed by atoms with Crippen molar-refractivity contribution in [1.82, 2.24) is 30.2 Å². The van der Waals surface area contributed by atoms with Gasteiger partial charge in [0.1, 0.15) is 17.0 Å². The predicted octanol–water partition coefficient (Wildman–Crippen LogP) is 8.47. The second-order valence-electron chi connectivity index (χ2n) is 12.8. The molecule has 254 valence electrons. The fourth-order valence-electron chi connectivity index (χ4n) is 5.40. The van der Waals surface area contributed by atoms with Gasteiger partial charge in [-0.1, -0.05) is 59.4 Å². The van der Waals surface area contributed by atoms with Crippen molar-refractivity contribution in [3.63, 3.8) is 0 Å². The van der Waals surface area contributed by atoms with Crippen LogP contribution in [0.5, 0.6) is 5.75 Å². The molecule has 3 aromatic heterocycles. The number of anilines is 1. The molecule has 1 aliphatic rings. The number of thiazole rings is 1. The van der Waals surface area contributed by atoms with Gasteiger partial charge in [-0.2, -0.15) is 0 Å². The van der Waals surface area contributed by atoms with E-state index in [-0.39, 0.29) is 5.91 Å². The van der Waals surface area contributed by atoms with E-state index >= 15 is 0 Å². The smallest absolute Gasteiger partial charge is 0.407 e. The standard InChI is InChI=1S/C35H42BrN7O4S/c1-35(2,3)47-34(45)39-15-8-7-11-31(44)43-33-40-22-30(48-33)28-20-27(41-32(42-28)29-21-37-16-17-38-29)25-19-24(12-13-26(25)36)46-18-14-23-9-5-4-6-10-23/h12-13,16-17,19-23H,4-11,14-15,18H2,1-3H3,(H,39,45)(H,40,43,44). The lowest BCUT2D eigenvalue weighted by Gasteiger charge is -2.21. The van der Waals surface area contributed by atoms with E-state index in [9.17, 15) is 9.59 Å². The molecule has 0 aliphatic heterocycles. The minimum absolute atomic E-state index is 0.152. The molecule has 3 heterocycles. The number of hydrogen-bond acceptors (Lipinski definition) is 10. The molecule has 1 aromatic carbocycles. The largest absolute Gasteiger partial charge is 0.494 e. The molecule has 1 saturated carbocycles. The second-order valence-corrected chi connectivity index (χ2v) is 14.7. The van der Waals surface area contributed by atoms with Crippen LogP contribution in [0.15, 0.2) is 53.5 Å². The van der Waals surface area contributed by atoms with Crippen LogP contribution in [-0.4, -0.2) is 55.7 Å². The number of benzene rings is 1. The highest BCUT2D eigenvalue weighted by atomic mass is 79.9. The van der Waals surface area contributed by atoms with E-state index in [0.717, 1.165) is 33.0 Å². The van der Waals surface area contributed by atoms with Crippen LogP contribution < -0.4 is 15.4 Å². The topological polar surface area (TPSA) is 141 Å². The van der Waals surface area contributed by atoms with E-state index in [4.69, 9.17) is 19.4 Å². The lowest BCUT2D eigenvalue weighted by molar-refractivity contribution is -0.116. The van der Waals surface area contributed by atoms with E-state index in [0.29, 0.717) is 60.5 Å². The number of aromatic nitrogens is 5. The minimum Gasteiger partial charge on any atom is -0.494 e. The zero-order valence-corrected chi connectivity index (χ0v) is 30.0. The van der Waals surface area contributed by atoms with Crippen molar-refractivity contribution in [1.29, 1.82) is 0 Å². The number of rotatable bonds is 13. The number of hydrogen-bond donors (Lipinski definition) is 2. The molecule has 2 amide bonds. The average molecular weight is 737 g/mol. The quantitative estimate of drug-likeness (QED) is 0.129. The number of carbonyl (C=O) groups excluding carboxylic acids is 2. The molecule has 0 bridgehead atoms. The molecule has 0 saturated heterocycles. The van der Waals surface area contributed by atoms with Crippen LogP contribution in [-0.2, 0) is 9.53 Å². The summed E-state index contributed by atoms with van der Waals surface area (Å²) < 4.78 is 12.3. The normalized spacial score (nSPS) is 13.6. The molecular weight excluding hydrogens is 694 g/mol. The van der Waals surface area contributed by atoms with Crippen molar-refractivity contribution in [2.75, 3.05) is 18.5 Å². The minimum atomic E-state index is -0.550. The first kappa shape index (κ1) is 35.3. The van der Waals surface area contributed by atoms with Crippen LogP contribution in [0.25, 0.3) is 33.3 Å². The number of halogens is 1. The highest BCUT2D eigenvalue weighted by Crippen LogP contribution is 2.36.